The van der Waals surface area contributed by atoms with E-state index in [9.17, 15) is 5.11 Å². The summed E-state index contributed by atoms with van der Waals surface area (Å²) in [6, 6.07) is 0. The first-order chi connectivity index (χ1) is 9.24. The van der Waals surface area contributed by atoms with E-state index in [0.29, 0.717) is 5.92 Å². The lowest BCUT2D eigenvalue weighted by molar-refractivity contribution is -0.0711. The highest BCUT2D eigenvalue weighted by molar-refractivity contribution is 4.92. The quantitative estimate of drug-likeness (QED) is 0.633. The largest absolute Gasteiger partial charge is 0.390 e. The number of hydrogen-bond donors (Lipinski definition) is 1. The summed E-state index contributed by atoms with van der Waals surface area (Å²) in [4.78, 5) is 0. The van der Waals surface area contributed by atoms with Crippen LogP contribution in [0.1, 0.15) is 96.8 Å². The van der Waals surface area contributed by atoms with E-state index in [1.165, 1.54) is 77.0 Å². The molecule has 0 aliphatic heterocycles. The molecule has 2 rings (SSSR count). The lowest BCUT2D eigenvalue weighted by Crippen LogP contribution is -2.42. The Morgan fingerprint density at radius 3 is 2.21 bits per heavy atom. The van der Waals surface area contributed by atoms with Gasteiger partial charge in [-0.3, -0.25) is 0 Å². The van der Waals surface area contributed by atoms with Crippen LogP contribution in [0.3, 0.4) is 0 Å². The summed E-state index contributed by atoms with van der Waals surface area (Å²) >= 11 is 0. The summed E-state index contributed by atoms with van der Waals surface area (Å²) in [5.41, 5.74) is -0.277. The minimum Gasteiger partial charge on any atom is -0.390 e. The van der Waals surface area contributed by atoms with Gasteiger partial charge in [0.2, 0.25) is 0 Å². The first-order valence-corrected chi connectivity index (χ1v) is 8.97. The fraction of sp³-hybridized carbons (Fsp3) is 1.00. The van der Waals surface area contributed by atoms with E-state index in [-0.39, 0.29) is 5.60 Å². The van der Waals surface area contributed by atoms with Crippen LogP contribution >= 0.6 is 0 Å². The van der Waals surface area contributed by atoms with Crippen molar-refractivity contribution in [2.75, 3.05) is 0 Å². The molecule has 1 heteroatoms. The highest BCUT2D eigenvalue weighted by Gasteiger charge is 2.39. The second-order valence-electron chi connectivity index (χ2n) is 7.23. The molecule has 112 valence electrons. The molecule has 1 nitrogen and oxygen atoms in total. The van der Waals surface area contributed by atoms with Crippen LogP contribution in [0.25, 0.3) is 0 Å². The zero-order chi connectivity index (χ0) is 13.6. The van der Waals surface area contributed by atoms with Crippen LogP contribution in [0, 0.1) is 11.8 Å². The molecule has 0 saturated heterocycles. The Morgan fingerprint density at radius 1 is 0.895 bits per heavy atom. The molecular weight excluding hydrogens is 232 g/mol. The van der Waals surface area contributed by atoms with Crippen LogP contribution < -0.4 is 0 Å². The smallest absolute Gasteiger partial charge is 0.0676 e. The molecule has 0 unspecified atom stereocenters. The molecule has 2 saturated carbocycles. The van der Waals surface area contributed by atoms with Crippen molar-refractivity contribution in [2.24, 2.45) is 11.8 Å². The van der Waals surface area contributed by atoms with Crippen LogP contribution in [-0.4, -0.2) is 10.7 Å². The molecule has 19 heavy (non-hydrogen) atoms. The maximum atomic E-state index is 10.9. The lowest BCUT2D eigenvalue weighted by atomic mass is 9.67. The van der Waals surface area contributed by atoms with Crippen molar-refractivity contribution in [3.05, 3.63) is 0 Å². The molecule has 0 aromatic rings. The Labute approximate surface area is 120 Å². The normalized spacial score (nSPS) is 33.5. The average molecular weight is 266 g/mol. The predicted molar refractivity (Wildman–Crippen MR) is 82.2 cm³/mol. The summed E-state index contributed by atoms with van der Waals surface area (Å²) in [6.45, 7) is 2.28. The minimum atomic E-state index is -0.277. The predicted octanol–water partition coefficient (Wildman–Crippen LogP) is 5.46. The van der Waals surface area contributed by atoms with Crippen molar-refractivity contribution in [2.45, 2.75) is 102 Å². The Kier molecular flexibility index (Phi) is 6.19. The van der Waals surface area contributed by atoms with Crippen molar-refractivity contribution in [1.82, 2.24) is 0 Å². The number of unbranched alkanes of at least 4 members (excludes halogenated alkanes) is 3. The van der Waals surface area contributed by atoms with E-state index in [0.717, 1.165) is 18.8 Å². The van der Waals surface area contributed by atoms with Gasteiger partial charge < -0.3 is 5.11 Å². The topological polar surface area (TPSA) is 20.2 Å². The lowest BCUT2D eigenvalue weighted by Gasteiger charge is -2.43. The fourth-order valence-corrected chi connectivity index (χ4v) is 4.37. The summed E-state index contributed by atoms with van der Waals surface area (Å²) < 4.78 is 0. The number of hydrogen-bond acceptors (Lipinski definition) is 1. The van der Waals surface area contributed by atoms with Crippen molar-refractivity contribution in [3.8, 4) is 0 Å². The maximum Gasteiger partial charge on any atom is 0.0676 e. The first kappa shape index (κ1) is 15.4. The second-order valence-corrected chi connectivity index (χ2v) is 7.23. The monoisotopic (exact) mass is 266 g/mol. The van der Waals surface area contributed by atoms with Gasteiger partial charge in [0.05, 0.1) is 5.60 Å². The van der Waals surface area contributed by atoms with Gasteiger partial charge in [0.1, 0.15) is 0 Å². The van der Waals surface area contributed by atoms with Gasteiger partial charge in [-0.2, -0.15) is 0 Å². The molecule has 2 fully saturated rings. The number of aliphatic hydroxyl groups is 1. The maximum absolute atomic E-state index is 10.9. The van der Waals surface area contributed by atoms with E-state index >= 15 is 0 Å². The summed E-state index contributed by atoms with van der Waals surface area (Å²) in [5, 5.41) is 10.9. The SMILES string of the molecule is CCCCCCC1CCC(O)(C2CCCCC2)CC1. The molecule has 2 aliphatic rings. The second kappa shape index (κ2) is 7.67. The van der Waals surface area contributed by atoms with Gasteiger partial charge in [0.25, 0.3) is 0 Å². The molecule has 0 aromatic heterocycles. The molecular formula is C18H34O. The van der Waals surface area contributed by atoms with E-state index < -0.39 is 0 Å². The molecule has 2 aliphatic carbocycles. The highest BCUT2D eigenvalue weighted by atomic mass is 16.3. The Hall–Kier alpha value is -0.0400. The Balaban J connectivity index is 1.68. The van der Waals surface area contributed by atoms with Gasteiger partial charge in [0.15, 0.2) is 0 Å². The molecule has 0 atom stereocenters. The van der Waals surface area contributed by atoms with E-state index in [4.69, 9.17) is 0 Å². The molecule has 0 amide bonds. The highest BCUT2D eigenvalue weighted by Crippen LogP contribution is 2.44. The zero-order valence-electron chi connectivity index (χ0n) is 13.0. The van der Waals surface area contributed by atoms with Crippen molar-refractivity contribution in [1.29, 1.82) is 0 Å². The van der Waals surface area contributed by atoms with Gasteiger partial charge in [-0.25, -0.2) is 0 Å². The number of rotatable bonds is 6. The van der Waals surface area contributed by atoms with Gasteiger partial charge >= 0.3 is 0 Å². The van der Waals surface area contributed by atoms with Crippen molar-refractivity contribution < 1.29 is 5.11 Å². The van der Waals surface area contributed by atoms with Gasteiger partial charge in [-0.1, -0.05) is 58.3 Å². The third-order valence-electron chi connectivity index (χ3n) is 5.80. The average Bonchev–Trinajstić information content (AvgIpc) is 2.47. The minimum absolute atomic E-state index is 0.277. The standard InChI is InChI=1S/C18H34O/c1-2-3-4-6-9-16-12-14-18(19,15-13-16)17-10-7-5-8-11-17/h16-17,19H,2-15H2,1H3. The van der Waals surface area contributed by atoms with Crippen molar-refractivity contribution >= 4 is 0 Å². The fourth-order valence-electron chi connectivity index (χ4n) is 4.37. The van der Waals surface area contributed by atoms with Gasteiger partial charge in [0, 0.05) is 0 Å². The summed E-state index contributed by atoms with van der Waals surface area (Å²) in [7, 11) is 0. The first-order valence-electron chi connectivity index (χ1n) is 8.97. The Bertz CT molecular complexity index is 234. The van der Waals surface area contributed by atoms with Crippen LogP contribution in [0.5, 0.6) is 0 Å². The third kappa shape index (κ3) is 4.48. The van der Waals surface area contributed by atoms with Crippen LogP contribution in [0.4, 0.5) is 0 Å². The van der Waals surface area contributed by atoms with Crippen molar-refractivity contribution in [3.63, 3.8) is 0 Å². The van der Waals surface area contributed by atoms with Crippen LogP contribution in [0.15, 0.2) is 0 Å². The zero-order valence-corrected chi connectivity index (χ0v) is 13.0. The summed E-state index contributed by atoms with van der Waals surface area (Å²) in [5.74, 6) is 1.54. The Morgan fingerprint density at radius 2 is 1.58 bits per heavy atom. The van der Waals surface area contributed by atoms with E-state index in [2.05, 4.69) is 6.92 Å². The molecule has 0 radical (unpaired) electrons. The summed E-state index contributed by atoms with van der Waals surface area (Å²) in [6.07, 6.45) is 18.4. The van der Waals surface area contributed by atoms with E-state index in [1.807, 2.05) is 0 Å². The van der Waals surface area contributed by atoms with Gasteiger partial charge in [-0.15, -0.1) is 0 Å². The molecule has 0 bridgehead atoms. The molecule has 1 N–H and O–H groups in total. The van der Waals surface area contributed by atoms with Crippen LogP contribution in [0.2, 0.25) is 0 Å². The molecule has 0 heterocycles. The van der Waals surface area contributed by atoms with Gasteiger partial charge in [-0.05, 0) is 50.4 Å². The third-order valence-corrected chi connectivity index (χ3v) is 5.80. The molecule has 0 spiro atoms. The van der Waals surface area contributed by atoms with E-state index in [1.54, 1.807) is 0 Å². The molecule has 0 aromatic carbocycles. The van der Waals surface area contributed by atoms with Crippen LogP contribution in [-0.2, 0) is 0 Å².